The molecule has 1 rings (SSSR count). The first-order chi connectivity index (χ1) is 4.93. The van der Waals surface area contributed by atoms with Gasteiger partial charge < -0.3 is 5.11 Å². The Labute approximate surface area is 62.2 Å². The number of aliphatic hydroxyl groups is 1. The van der Waals surface area contributed by atoms with E-state index in [1.54, 1.807) is 6.08 Å². The molecular weight excluding hydrogens is 126 g/mol. The molecule has 58 valence electrons. The van der Waals surface area contributed by atoms with Crippen LogP contribution in [-0.4, -0.2) is 36.2 Å². The minimum absolute atomic E-state index is 0.174. The Morgan fingerprint density at radius 2 is 1.90 bits per heavy atom. The second kappa shape index (κ2) is 4.47. The Bertz CT molecular complexity index is 106. The van der Waals surface area contributed by atoms with Gasteiger partial charge in [0.1, 0.15) is 0 Å². The molecule has 0 bridgehead atoms. The van der Waals surface area contributed by atoms with Crippen molar-refractivity contribution in [2.75, 3.05) is 26.2 Å². The lowest BCUT2D eigenvalue weighted by Crippen LogP contribution is -2.18. The van der Waals surface area contributed by atoms with Crippen molar-refractivity contribution >= 4 is 0 Å². The SMILES string of the molecule is OCC=CCN1CCCC1. The number of hydrogen-bond donors (Lipinski definition) is 1. The highest BCUT2D eigenvalue weighted by atomic mass is 16.2. The fourth-order valence-corrected chi connectivity index (χ4v) is 1.26. The average molecular weight is 141 g/mol. The van der Waals surface area contributed by atoms with E-state index in [0.29, 0.717) is 0 Å². The molecule has 1 heterocycles. The second-order valence-electron chi connectivity index (χ2n) is 2.66. The lowest BCUT2D eigenvalue weighted by atomic mass is 10.4. The standard InChI is InChI=1S/C8H15NO/c10-8-4-3-7-9-5-1-2-6-9/h3-4,10H,1-2,5-8H2. The van der Waals surface area contributed by atoms with Crippen LogP contribution in [0.15, 0.2) is 12.2 Å². The van der Waals surface area contributed by atoms with Gasteiger partial charge in [-0.1, -0.05) is 12.2 Å². The van der Waals surface area contributed by atoms with E-state index in [1.807, 2.05) is 6.08 Å². The van der Waals surface area contributed by atoms with Crippen LogP contribution in [0.25, 0.3) is 0 Å². The maximum absolute atomic E-state index is 8.43. The van der Waals surface area contributed by atoms with Crippen LogP contribution >= 0.6 is 0 Å². The number of likely N-dealkylation sites (tertiary alicyclic amines) is 1. The number of aliphatic hydroxyl groups excluding tert-OH is 1. The van der Waals surface area contributed by atoms with Gasteiger partial charge in [-0.05, 0) is 25.9 Å². The molecule has 0 aromatic rings. The minimum atomic E-state index is 0.174. The van der Waals surface area contributed by atoms with Crippen molar-refractivity contribution in [1.82, 2.24) is 4.90 Å². The van der Waals surface area contributed by atoms with Gasteiger partial charge in [-0.25, -0.2) is 0 Å². The lowest BCUT2D eigenvalue weighted by molar-refractivity contribution is 0.339. The summed E-state index contributed by atoms with van der Waals surface area (Å²) in [5, 5.41) is 8.43. The van der Waals surface area contributed by atoms with Crippen LogP contribution in [0.1, 0.15) is 12.8 Å². The quantitative estimate of drug-likeness (QED) is 0.583. The van der Waals surface area contributed by atoms with E-state index in [9.17, 15) is 0 Å². The van der Waals surface area contributed by atoms with E-state index in [2.05, 4.69) is 4.90 Å². The summed E-state index contributed by atoms with van der Waals surface area (Å²) >= 11 is 0. The molecule has 2 heteroatoms. The van der Waals surface area contributed by atoms with Gasteiger partial charge in [0.05, 0.1) is 6.61 Å². The van der Waals surface area contributed by atoms with Gasteiger partial charge >= 0.3 is 0 Å². The topological polar surface area (TPSA) is 23.5 Å². The smallest absolute Gasteiger partial charge is 0.0612 e. The summed E-state index contributed by atoms with van der Waals surface area (Å²) in [6.45, 7) is 3.65. The van der Waals surface area contributed by atoms with Crippen LogP contribution in [0, 0.1) is 0 Å². The van der Waals surface area contributed by atoms with Crippen LogP contribution < -0.4 is 0 Å². The van der Waals surface area contributed by atoms with Crippen molar-refractivity contribution in [2.24, 2.45) is 0 Å². The molecule has 0 radical (unpaired) electrons. The third-order valence-corrected chi connectivity index (χ3v) is 1.83. The summed E-state index contributed by atoms with van der Waals surface area (Å²) in [5.41, 5.74) is 0. The fraction of sp³-hybridized carbons (Fsp3) is 0.750. The first-order valence-corrected chi connectivity index (χ1v) is 3.91. The van der Waals surface area contributed by atoms with Gasteiger partial charge in [-0.2, -0.15) is 0 Å². The molecule has 1 N–H and O–H groups in total. The summed E-state index contributed by atoms with van der Waals surface area (Å²) in [6, 6.07) is 0. The Balaban J connectivity index is 2.06. The third kappa shape index (κ3) is 2.50. The Hall–Kier alpha value is -0.340. The van der Waals surface area contributed by atoms with Crippen molar-refractivity contribution < 1.29 is 5.11 Å². The monoisotopic (exact) mass is 141 g/mol. The van der Waals surface area contributed by atoms with Crippen LogP contribution in [0.4, 0.5) is 0 Å². The van der Waals surface area contributed by atoms with Crippen molar-refractivity contribution in [3.05, 3.63) is 12.2 Å². The highest BCUT2D eigenvalue weighted by Crippen LogP contribution is 2.05. The summed E-state index contributed by atoms with van der Waals surface area (Å²) < 4.78 is 0. The molecule has 0 saturated carbocycles. The van der Waals surface area contributed by atoms with Gasteiger partial charge in [0.25, 0.3) is 0 Å². The molecule has 1 aliphatic rings. The summed E-state index contributed by atoms with van der Waals surface area (Å²) in [5.74, 6) is 0. The molecule has 0 aromatic heterocycles. The zero-order chi connectivity index (χ0) is 7.23. The summed E-state index contributed by atoms with van der Waals surface area (Å²) in [4.78, 5) is 2.40. The first-order valence-electron chi connectivity index (χ1n) is 3.91. The second-order valence-corrected chi connectivity index (χ2v) is 2.66. The van der Waals surface area contributed by atoms with Crippen molar-refractivity contribution in [1.29, 1.82) is 0 Å². The largest absolute Gasteiger partial charge is 0.392 e. The van der Waals surface area contributed by atoms with Gasteiger partial charge in [0.2, 0.25) is 0 Å². The normalized spacial score (nSPS) is 20.9. The maximum atomic E-state index is 8.43. The van der Waals surface area contributed by atoms with Gasteiger partial charge in [0, 0.05) is 6.54 Å². The number of nitrogens with zero attached hydrogens (tertiary/aromatic N) is 1. The number of rotatable bonds is 3. The Morgan fingerprint density at radius 3 is 2.50 bits per heavy atom. The molecular formula is C8H15NO. The summed E-state index contributed by atoms with van der Waals surface area (Å²) in [6.07, 6.45) is 6.52. The predicted molar refractivity (Wildman–Crippen MR) is 41.9 cm³/mol. The van der Waals surface area contributed by atoms with E-state index in [0.717, 1.165) is 6.54 Å². The molecule has 0 aliphatic carbocycles. The van der Waals surface area contributed by atoms with Crippen molar-refractivity contribution in [3.63, 3.8) is 0 Å². The highest BCUT2D eigenvalue weighted by molar-refractivity contribution is 4.85. The van der Waals surface area contributed by atoms with E-state index < -0.39 is 0 Å². The molecule has 0 spiro atoms. The van der Waals surface area contributed by atoms with Crippen LogP contribution in [0.5, 0.6) is 0 Å². The van der Waals surface area contributed by atoms with Gasteiger partial charge in [-0.15, -0.1) is 0 Å². The van der Waals surface area contributed by atoms with E-state index in [1.165, 1.54) is 25.9 Å². The Kier molecular flexibility index (Phi) is 3.47. The maximum Gasteiger partial charge on any atom is 0.0612 e. The molecule has 0 aromatic carbocycles. The third-order valence-electron chi connectivity index (χ3n) is 1.83. The predicted octanol–water partition coefficient (Wildman–Crippen LogP) is 0.631. The molecule has 0 atom stereocenters. The van der Waals surface area contributed by atoms with Gasteiger partial charge in [-0.3, -0.25) is 4.90 Å². The molecule has 1 aliphatic heterocycles. The highest BCUT2D eigenvalue weighted by Gasteiger charge is 2.08. The first kappa shape index (κ1) is 7.76. The van der Waals surface area contributed by atoms with Crippen molar-refractivity contribution in [2.45, 2.75) is 12.8 Å². The van der Waals surface area contributed by atoms with E-state index >= 15 is 0 Å². The van der Waals surface area contributed by atoms with Crippen LogP contribution in [0.2, 0.25) is 0 Å². The zero-order valence-corrected chi connectivity index (χ0v) is 6.29. The number of hydrogen-bond acceptors (Lipinski definition) is 2. The molecule has 0 amide bonds. The van der Waals surface area contributed by atoms with Crippen LogP contribution in [0.3, 0.4) is 0 Å². The molecule has 1 saturated heterocycles. The molecule has 0 unspecified atom stereocenters. The molecule has 1 fully saturated rings. The lowest BCUT2D eigenvalue weighted by Gasteiger charge is -2.09. The van der Waals surface area contributed by atoms with Crippen molar-refractivity contribution in [3.8, 4) is 0 Å². The van der Waals surface area contributed by atoms with Gasteiger partial charge in [0.15, 0.2) is 0 Å². The molecule has 2 nitrogen and oxygen atoms in total. The van der Waals surface area contributed by atoms with E-state index in [4.69, 9.17) is 5.11 Å². The van der Waals surface area contributed by atoms with E-state index in [-0.39, 0.29) is 6.61 Å². The zero-order valence-electron chi connectivity index (χ0n) is 6.29. The fourth-order valence-electron chi connectivity index (χ4n) is 1.26. The molecule has 10 heavy (non-hydrogen) atoms. The minimum Gasteiger partial charge on any atom is -0.392 e. The average Bonchev–Trinajstić information content (AvgIpc) is 2.41. The summed E-state index contributed by atoms with van der Waals surface area (Å²) in [7, 11) is 0. The Morgan fingerprint density at radius 1 is 1.20 bits per heavy atom. The van der Waals surface area contributed by atoms with Crippen LogP contribution in [-0.2, 0) is 0 Å².